The maximum atomic E-state index is 13.2. The Morgan fingerprint density at radius 1 is 1.11 bits per heavy atom. The van der Waals surface area contributed by atoms with E-state index in [9.17, 15) is 18.0 Å². The van der Waals surface area contributed by atoms with Gasteiger partial charge < -0.3 is 24.6 Å². The smallest absolute Gasteiger partial charge is 0.379 e. The predicted molar refractivity (Wildman–Crippen MR) is 130 cm³/mol. The molecular weight excluding hydrogens is 487 g/mol. The van der Waals surface area contributed by atoms with Crippen LogP contribution in [0.1, 0.15) is 46.4 Å². The van der Waals surface area contributed by atoms with Gasteiger partial charge in [-0.05, 0) is 48.9 Å². The highest BCUT2D eigenvalue weighted by atomic mass is 19.4. The third kappa shape index (κ3) is 5.89. The van der Waals surface area contributed by atoms with E-state index >= 15 is 0 Å². The molecule has 2 fully saturated rings. The number of aromatic nitrogens is 2. The van der Waals surface area contributed by atoms with E-state index in [-0.39, 0.29) is 18.1 Å². The van der Waals surface area contributed by atoms with Gasteiger partial charge in [0.15, 0.2) is 0 Å². The summed E-state index contributed by atoms with van der Waals surface area (Å²) in [5, 5.41) is 3.69. The second-order valence-corrected chi connectivity index (χ2v) is 9.89. The lowest BCUT2D eigenvalue weighted by atomic mass is 9.97. The van der Waals surface area contributed by atoms with Crippen molar-refractivity contribution in [2.45, 2.75) is 56.6 Å². The number of hydrogen-bond acceptors (Lipinski definition) is 7. The van der Waals surface area contributed by atoms with E-state index in [1.807, 2.05) is 9.80 Å². The van der Waals surface area contributed by atoms with Crippen molar-refractivity contribution in [1.82, 2.24) is 20.2 Å². The molecule has 1 N–H and O–H groups in total. The summed E-state index contributed by atoms with van der Waals surface area (Å²) < 4.78 is 50.6. The minimum absolute atomic E-state index is 0.0367. The molecule has 3 aliphatic rings. The molecule has 4 heterocycles. The highest BCUT2D eigenvalue weighted by molar-refractivity contribution is 5.93. The molecule has 3 aliphatic heterocycles. The average molecular weight is 520 g/mol. The second kappa shape index (κ2) is 10.9. The van der Waals surface area contributed by atoms with Crippen molar-refractivity contribution in [3.05, 3.63) is 53.0 Å². The van der Waals surface area contributed by atoms with Crippen LogP contribution in [-0.2, 0) is 28.6 Å². The molecule has 1 aromatic carbocycles. The minimum Gasteiger partial charge on any atom is -0.379 e. The van der Waals surface area contributed by atoms with E-state index in [0.717, 1.165) is 37.5 Å². The van der Waals surface area contributed by atoms with Gasteiger partial charge >= 0.3 is 6.18 Å². The lowest BCUT2D eigenvalue weighted by molar-refractivity contribution is -0.137. The molecule has 11 heteroatoms. The Morgan fingerprint density at radius 2 is 1.92 bits per heavy atom. The molecule has 0 aliphatic carbocycles. The number of benzene rings is 1. The van der Waals surface area contributed by atoms with E-state index in [4.69, 9.17) is 9.47 Å². The Labute approximate surface area is 214 Å². The highest BCUT2D eigenvalue weighted by Gasteiger charge is 2.33. The Hall–Kier alpha value is -2.76. The normalized spacial score (nSPS) is 23.1. The highest BCUT2D eigenvalue weighted by Crippen LogP contribution is 2.33. The Kier molecular flexibility index (Phi) is 7.64. The summed E-state index contributed by atoms with van der Waals surface area (Å²) in [6.45, 7) is 3.46. The fourth-order valence-electron chi connectivity index (χ4n) is 5.41. The van der Waals surface area contributed by atoms with Crippen molar-refractivity contribution >= 4 is 11.7 Å². The fraction of sp³-hybridized carbons (Fsp3) is 0.577. The van der Waals surface area contributed by atoms with Gasteiger partial charge in [0.2, 0.25) is 0 Å². The first-order valence-electron chi connectivity index (χ1n) is 12.7. The van der Waals surface area contributed by atoms with Crippen molar-refractivity contribution in [2.24, 2.45) is 0 Å². The van der Waals surface area contributed by atoms with Crippen LogP contribution in [0.4, 0.5) is 19.0 Å². The van der Waals surface area contributed by atoms with Crippen molar-refractivity contribution < 1.29 is 27.4 Å². The summed E-state index contributed by atoms with van der Waals surface area (Å²) >= 11 is 0. The number of ether oxygens (including phenoxy) is 2. The number of nitrogens with one attached hydrogen (secondary N) is 1. The number of methoxy groups -OCH3 is 1. The van der Waals surface area contributed by atoms with Crippen LogP contribution in [0.5, 0.6) is 0 Å². The zero-order valence-corrected chi connectivity index (χ0v) is 20.8. The van der Waals surface area contributed by atoms with Gasteiger partial charge in [-0.15, -0.1) is 0 Å². The molecule has 1 amide bonds. The molecule has 8 nitrogen and oxygen atoms in total. The number of fused-ring (bicyclic) bond motifs is 1. The standard InChI is InChI=1S/C26H32F3N5O3/c1-36-23-15-37-11-7-21(23)32-20-5-9-33(10-6-20)25(35)22-13-24(31-16-30-22)34-8-4-17-2-3-19(26(27,28)29)12-18(17)14-34/h2-3,12-13,16,20-21,23,32H,4-11,14-15H2,1H3. The van der Waals surface area contributed by atoms with Crippen LogP contribution in [0, 0.1) is 0 Å². The number of piperidine rings is 1. The maximum Gasteiger partial charge on any atom is 0.416 e. The molecule has 0 spiro atoms. The minimum atomic E-state index is -4.38. The number of nitrogens with zero attached hydrogens (tertiary/aromatic N) is 4. The van der Waals surface area contributed by atoms with E-state index in [1.54, 1.807) is 19.2 Å². The summed E-state index contributed by atoms with van der Waals surface area (Å²) in [5.74, 6) is 0.391. The largest absolute Gasteiger partial charge is 0.416 e. The summed E-state index contributed by atoms with van der Waals surface area (Å²) in [6, 6.07) is 6.10. The molecule has 1 aromatic heterocycles. The fourth-order valence-corrected chi connectivity index (χ4v) is 5.41. The van der Waals surface area contributed by atoms with Crippen LogP contribution in [0.15, 0.2) is 30.6 Å². The summed E-state index contributed by atoms with van der Waals surface area (Å²) in [6.07, 6.45) is 0.191. The van der Waals surface area contributed by atoms with Crippen LogP contribution in [-0.4, -0.2) is 78.9 Å². The number of halogens is 3. The summed E-state index contributed by atoms with van der Waals surface area (Å²) in [7, 11) is 1.70. The van der Waals surface area contributed by atoms with Gasteiger partial charge in [0.1, 0.15) is 17.8 Å². The van der Waals surface area contributed by atoms with Crippen molar-refractivity contribution in [2.75, 3.05) is 44.9 Å². The first-order chi connectivity index (χ1) is 17.8. The van der Waals surface area contributed by atoms with Gasteiger partial charge in [0, 0.05) is 58.0 Å². The van der Waals surface area contributed by atoms with Crippen molar-refractivity contribution in [3.63, 3.8) is 0 Å². The Bertz CT molecular complexity index is 1110. The molecule has 37 heavy (non-hydrogen) atoms. The van der Waals surface area contributed by atoms with E-state index in [1.165, 1.54) is 12.4 Å². The molecule has 2 atom stereocenters. The van der Waals surface area contributed by atoms with Gasteiger partial charge in [-0.2, -0.15) is 13.2 Å². The van der Waals surface area contributed by atoms with Crippen molar-refractivity contribution in [1.29, 1.82) is 0 Å². The topological polar surface area (TPSA) is 79.8 Å². The van der Waals surface area contributed by atoms with Gasteiger partial charge in [-0.3, -0.25) is 4.79 Å². The number of carbonyl (C=O) groups is 1. The third-order valence-corrected chi connectivity index (χ3v) is 7.58. The summed E-state index contributed by atoms with van der Waals surface area (Å²) in [4.78, 5) is 25.5. The zero-order chi connectivity index (χ0) is 26.0. The molecule has 5 rings (SSSR count). The van der Waals surface area contributed by atoms with Crippen LogP contribution in [0.3, 0.4) is 0 Å². The molecule has 2 unspecified atom stereocenters. The maximum absolute atomic E-state index is 13.2. The number of rotatable bonds is 5. The van der Waals surface area contributed by atoms with Crippen molar-refractivity contribution in [3.8, 4) is 0 Å². The SMILES string of the molecule is COC1COCCC1NC1CCN(C(=O)c2cc(N3CCc4ccc(C(F)(F)F)cc4C3)ncn2)CC1. The second-order valence-electron chi connectivity index (χ2n) is 9.89. The molecular formula is C26H32F3N5O3. The lowest BCUT2D eigenvalue weighted by Gasteiger charge is -2.38. The zero-order valence-electron chi connectivity index (χ0n) is 20.8. The van der Waals surface area contributed by atoms with E-state index in [0.29, 0.717) is 62.3 Å². The average Bonchev–Trinajstić information content (AvgIpc) is 2.92. The van der Waals surface area contributed by atoms with Crippen LogP contribution >= 0.6 is 0 Å². The van der Waals surface area contributed by atoms with Gasteiger partial charge in [0.05, 0.1) is 18.3 Å². The summed E-state index contributed by atoms with van der Waals surface area (Å²) in [5.41, 5.74) is 1.18. The molecule has 0 bridgehead atoms. The van der Waals surface area contributed by atoms with Crippen LogP contribution in [0.25, 0.3) is 0 Å². The Balaban J connectivity index is 1.20. The first kappa shape index (κ1) is 25.9. The molecule has 2 aromatic rings. The lowest BCUT2D eigenvalue weighted by Crippen LogP contribution is -2.54. The number of anilines is 1. The number of likely N-dealkylation sites (tertiary alicyclic amines) is 1. The van der Waals surface area contributed by atoms with E-state index < -0.39 is 11.7 Å². The number of carbonyl (C=O) groups excluding carboxylic acids is 1. The van der Waals surface area contributed by atoms with E-state index in [2.05, 4.69) is 15.3 Å². The van der Waals surface area contributed by atoms with Gasteiger partial charge in [-0.1, -0.05) is 6.07 Å². The quantitative estimate of drug-likeness (QED) is 0.651. The first-order valence-corrected chi connectivity index (χ1v) is 12.7. The van der Waals surface area contributed by atoms with Gasteiger partial charge in [-0.25, -0.2) is 9.97 Å². The predicted octanol–water partition coefficient (Wildman–Crippen LogP) is 3.06. The molecule has 0 radical (unpaired) electrons. The van der Waals surface area contributed by atoms with Crippen LogP contribution < -0.4 is 10.2 Å². The van der Waals surface area contributed by atoms with Gasteiger partial charge in [0.25, 0.3) is 5.91 Å². The molecule has 2 saturated heterocycles. The van der Waals surface area contributed by atoms with Crippen LogP contribution in [0.2, 0.25) is 0 Å². The number of alkyl halides is 3. The molecule has 200 valence electrons. The number of hydrogen-bond donors (Lipinski definition) is 1. The molecule has 0 saturated carbocycles. The third-order valence-electron chi connectivity index (χ3n) is 7.58. The monoisotopic (exact) mass is 519 g/mol. The Morgan fingerprint density at radius 3 is 2.68 bits per heavy atom. The number of amides is 1.